The van der Waals surface area contributed by atoms with Crippen LogP contribution in [-0.2, 0) is 43.7 Å². The Morgan fingerprint density at radius 2 is 1.32 bits per heavy atom. The molecule has 0 radical (unpaired) electrons. The fourth-order valence-corrected chi connectivity index (χ4v) is 7.56. The molecule has 1 aliphatic rings. The Kier molecular flexibility index (Phi) is 10.1. The summed E-state index contributed by atoms with van der Waals surface area (Å²) in [5.41, 5.74) is 8.42. The smallest absolute Gasteiger partial charge is 0.509 e. The van der Waals surface area contributed by atoms with Gasteiger partial charge < -0.3 is 9.30 Å². The van der Waals surface area contributed by atoms with Crippen LogP contribution in [0.3, 0.4) is 0 Å². The van der Waals surface area contributed by atoms with Gasteiger partial charge in [-0.2, -0.15) is 12.1 Å². The topological polar surface area (TPSA) is 33.1 Å². The number of aromatic nitrogens is 2. The second-order valence-electron chi connectivity index (χ2n) is 19.7. The summed E-state index contributed by atoms with van der Waals surface area (Å²) in [5, 5.41) is 2.18. The molecule has 5 aromatic carbocycles. The zero-order chi connectivity index (χ0) is 43.2. The molecule has 7 aromatic rings. The molecular weight excluding hydrogens is 904 g/mol. The maximum absolute atomic E-state index is 9.51. The Hall–Kier alpha value is -5.08. The van der Waals surface area contributed by atoms with Gasteiger partial charge in [-0.1, -0.05) is 142 Å². The molecule has 0 aliphatic carbocycles. The maximum atomic E-state index is 9.51. The first-order chi connectivity index (χ1) is 28.0. The predicted molar refractivity (Wildman–Crippen MR) is 243 cm³/mol. The molecule has 302 valence electrons. The zero-order valence-electron chi connectivity index (χ0n) is 38.4. The Balaban J connectivity index is 0.00000561. The summed E-state index contributed by atoms with van der Waals surface area (Å²) in [6.45, 7) is 25.9. The minimum atomic E-state index is -1.67. The summed E-state index contributed by atoms with van der Waals surface area (Å²) >= 11 is 0. The first-order valence-corrected chi connectivity index (χ1v) is 20.3. The molecule has 0 bridgehead atoms. The minimum absolute atomic E-state index is 0. The van der Waals surface area contributed by atoms with Crippen LogP contribution in [-0.4, -0.2) is 15.6 Å². The van der Waals surface area contributed by atoms with Crippen molar-refractivity contribution < 1.29 is 28.5 Å². The standard InChI is InChI=1S/C53H56N4O.Pt/c1-50(2,3)33-35-17-15-22-46-49(35)56(40-28-37(52(7,8)9)27-38(29-40)53(10,11)12)34-55(46)39-18-16-19-41(31-39)58-42-23-24-44-43-20-13-14-21-45(43)57(47(44)32-42)48-30-36(25-26-54-48)51(4,5)6;/h13-30H,33H2,1-12H3;/q;+2/i33D2;. The van der Waals surface area contributed by atoms with Gasteiger partial charge in [-0.25, -0.2) is 4.98 Å². The molecule has 8 rings (SSSR count). The van der Waals surface area contributed by atoms with E-state index in [1.165, 1.54) is 16.7 Å². The fraction of sp³-hybridized carbons (Fsp3) is 0.321. The molecule has 0 N–H and O–H groups in total. The van der Waals surface area contributed by atoms with E-state index in [0.29, 0.717) is 22.7 Å². The van der Waals surface area contributed by atoms with E-state index in [4.69, 9.17) is 9.72 Å². The molecule has 0 saturated carbocycles. The number of rotatable bonds is 6. The summed E-state index contributed by atoms with van der Waals surface area (Å²) in [6, 6.07) is 46.0. The molecule has 0 unspecified atom stereocenters. The quantitative estimate of drug-likeness (QED) is 0.123. The molecule has 6 heteroatoms. The molecule has 59 heavy (non-hydrogen) atoms. The van der Waals surface area contributed by atoms with Crippen LogP contribution in [0.25, 0.3) is 27.6 Å². The van der Waals surface area contributed by atoms with Crippen molar-refractivity contribution in [2.45, 2.75) is 106 Å². The van der Waals surface area contributed by atoms with Crippen molar-refractivity contribution in [3.8, 4) is 17.3 Å². The number of fused-ring (bicyclic) bond motifs is 4. The number of hydrogen-bond donors (Lipinski definition) is 0. The molecule has 0 saturated heterocycles. The first kappa shape index (κ1) is 39.4. The van der Waals surface area contributed by atoms with Gasteiger partial charge in [0.15, 0.2) is 0 Å². The van der Waals surface area contributed by atoms with Gasteiger partial charge in [-0.15, -0.1) is 23.6 Å². The van der Waals surface area contributed by atoms with E-state index >= 15 is 0 Å². The van der Waals surface area contributed by atoms with Gasteiger partial charge in [0.1, 0.15) is 11.5 Å². The van der Waals surface area contributed by atoms with Crippen LogP contribution in [0.15, 0.2) is 109 Å². The van der Waals surface area contributed by atoms with Crippen LogP contribution in [0.4, 0.5) is 22.7 Å². The van der Waals surface area contributed by atoms with Crippen LogP contribution in [0.5, 0.6) is 11.5 Å². The summed E-state index contributed by atoms with van der Waals surface area (Å²) < 4.78 is 31.8. The SMILES string of the molecule is [2H]C([2H])(c1cccc2c1[N+](c1cc(C(C)(C)C)cc(C(C)(C)C)c1)=C=[N+]2c1[c-]c(Oc2[c-]c3c(cc2)c2ccccc2n3-c2cc(C(C)(C)C)ccn2)ccc1)C(C)(C)C.[Pt+2]. The number of pyridine rings is 1. The van der Waals surface area contributed by atoms with Gasteiger partial charge in [0.25, 0.3) is 5.69 Å². The zero-order valence-corrected chi connectivity index (χ0v) is 38.7. The van der Waals surface area contributed by atoms with Gasteiger partial charge in [0.05, 0.1) is 0 Å². The van der Waals surface area contributed by atoms with Gasteiger partial charge in [0.2, 0.25) is 5.69 Å². The van der Waals surface area contributed by atoms with E-state index in [-0.39, 0.29) is 37.3 Å². The molecule has 1 aliphatic heterocycles. The molecule has 3 heterocycles. The predicted octanol–water partition coefficient (Wildman–Crippen LogP) is 13.9. The van der Waals surface area contributed by atoms with Crippen molar-refractivity contribution >= 4 is 50.6 Å². The van der Waals surface area contributed by atoms with E-state index in [1.54, 1.807) is 0 Å². The van der Waals surface area contributed by atoms with Crippen LogP contribution in [0.1, 0.15) is 108 Å². The second kappa shape index (κ2) is 15.2. The van der Waals surface area contributed by atoms with Crippen LogP contribution >= 0.6 is 0 Å². The monoisotopic (exact) mass is 961 g/mol. The molecule has 0 amide bonds. The van der Waals surface area contributed by atoms with Crippen molar-refractivity contribution in [1.29, 1.82) is 0 Å². The first-order valence-electron chi connectivity index (χ1n) is 21.3. The van der Waals surface area contributed by atoms with Gasteiger partial charge in [-0.05, 0) is 72.9 Å². The van der Waals surface area contributed by atoms with Crippen LogP contribution in [0.2, 0.25) is 0 Å². The number of ether oxygens (including phenoxy) is 1. The number of nitrogens with zero attached hydrogens (tertiary/aromatic N) is 4. The van der Waals surface area contributed by atoms with Crippen LogP contribution < -0.4 is 13.9 Å². The summed E-state index contributed by atoms with van der Waals surface area (Å²) in [5.74, 6) is 1.90. The summed E-state index contributed by atoms with van der Waals surface area (Å²) in [7, 11) is 0. The van der Waals surface area contributed by atoms with E-state index in [9.17, 15) is 2.74 Å². The third kappa shape index (κ3) is 8.38. The van der Waals surface area contributed by atoms with Gasteiger partial charge in [0, 0.05) is 49.7 Å². The average molecular weight is 962 g/mol. The van der Waals surface area contributed by atoms with Crippen molar-refractivity contribution in [3.63, 3.8) is 0 Å². The largest absolute Gasteiger partial charge is 2.00 e. The van der Waals surface area contributed by atoms with E-state index < -0.39 is 11.8 Å². The van der Waals surface area contributed by atoms with Crippen molar-refractivity contribution in [3.05, 3.63) is 144 Å². The molecule has 0 fully saturated rings. The average Bonchev–Trinajstić information content (AvgIpc) is 3.73. The van der Waals surface area contributed by atoms with E-state index in [0.717, 1.165) is 44.7 Å². The third-order valence-corrected chi connectivity index (χ3v) is 10.7. The fourth-order valence-electron chi connectivity index (χ4n) is 7.56. The Morgan fingerprint density at radius 1 is 0.661 bits per heavy atom. The minimum Gasteiger partial charge on any atom is -0.509 e. The number of hydrogen-bond acceptors (Lipinski definition) is 2. The Morgan fingerprint density at radius 3 is 2.00 bits per heavy atom. The molecule has 0 spiro atoms. The maximum Gasteiger partial charge on any atom is 2.00 e. The third-order valence-electron chi connectivity index (χ3n) is 10.7. The number of benzene rings is 5. The van der Waals surface area contributed by atoms with Gasteiger partial charge >= 0.3 is 32.8 Å². The van der Waals surface area contributed by atoms with Gasteiger partial charge in [-0.3, -0.25) is 0 Å². The van der Waals surface area contributed by atoms with E-state index in [1.807, 2.05) is 78.6 Å². The van der Waals surface area contributed by atoms with Crippen LogP contribution in [0, 0.1) is 17.5 Å². The summed E-state index contributed by atoms with van der Waals surface area (Å²) in [4.78, 5) is 4.84. The van der Waals surface area contributed by atoms with E-state index in [2.05, 4.69) is 146 Å². The number of para-hydroxylation sites is 2. The summed E-state index contributed by atoms with van der Waals surface area (Å²) in [6.07, 6.45) is 0.214. The van der Waals surface area contributed by atoms with Crippen molar-refractivity contribution in [1.82, 2.24) is 18.7 Å². The molecule has 2 aromatic heterocycles. The second-order valence-corrected chi connectivity index (χ2v) is 19.7. The Bertz CT molecular complexity index is 2880. The van der Waals surface area contributed by atoms with Crippen molar-refractivity contribution in [2.24, 2.45) is 5.41 Å². The molecule has 5 nitrogen and oxygen atoms in total. The Labute approximate surface area is 368 Å². The molecule has 0 atom stereocenters. The normalized spacial score (nSPS) is 14.0. The van der Waals surface area contributed by atoms with Crippen molar-refractivity contribution in [2.75, 3.05) is 0 Å². The molecular formula is C53H56N4OPt+2.